The Morgan fingerprint density at radius 2 is 1.82 bits per heavy atom. The predicted octanol–water partition coefficient (Wildman–Crippen LogP) is 1.67. The van der Waals surface area contributed by atoms with Crippen LogP contribution >= 0.6 is 24.8 Å². The standard InChI is InChI=1S/C18H30F2N4O2.2ClH/c1-13-3-2-4-14(9-13)22-16(25)11-23-5-7-24(8-6-23)17(26)15-10-18(19,20)12-21-15;;/h13-15,21H,2-12H2,1H3,(H,22,25);2*1H. The summed E-state index contributed by atoms with van der Waals surface area (Å²) in [6, 6.07) is -0.502. The molecular formula is C18H32Cl2F2N4O2. The molecule has 1 saturated carbocycles. The first kappa shape index (κ1) is 25.3. The summed E-state index contributed by atoms with van der Waals surface area (Å²) in [6.45, 7) is 4.30. The second-order valence-corrected chi connectivity index (χ2v) is 8.13. The lowest BCUT2D eigenvalue weighted by atomic mass is 9.87. The van der Waals surface area contributed by atoms with E-state index in [0.29, 0.717) is 38.6 Å². The summed E-state index contributed by atoms with van der Waals surface area (Å²) < 4.78 is 26.5. The topological polar surface area (TPSA) is 64.7 Å². The minimum absolute atomic E-state index is 0. The summed E-state index contributed by atoms with van der Waals surface area (Å²) in [4.78, 5) is 28.3. The van der Waals surface area contributed by atoms with Gasteiger partial charge in [-0.05, 0) is 18.8 Å². The van der Waals surface area contributed by atoms with E-state index >= 15 is 0 Å². The van der Waals surface area contributed by atoms with Gasteiger partial charge in [-0.25, -0.2) is 8.78 Å². The van der Waals surface area contributed by atoms with Crippen LogP contribution in [0, 0.1) is 5.92 Å². The summed E-state index contributed by atoms with van der Waals surface area (Å²) >= 11 is 0. The van der Waals surface area contributed by atoms with Crippen LogP contribution in [0.25, 0.3) is 0 Å². The molecule has 3 unspecified atom stereocenters. The second-order valence-electron chi connectivity index (χ2n) is 8.13. The Balaban J connectivity index is 0.00000196. The Labute approximate surface area is 178 Å². The first-order chi connectivity index (χ1) is 12.3. The van der Waals surface area contributed by atoms with Gasteiger partial charge in [0.2, 0.25) is 11.8 Å². The zero-order chi connectivity index (χ0) is 18.7. The van der Waals surface area contributed by atoms with Crippen LogP contribution in [0.5, 0.6) is 0 Å². The van der Waals surface area contributed by atoms with E-state index in [0.717, 1.165) is 12.8 Å². The molecule has 2 heterocycles. The largest absolute Gasteiger partial charge is 0.352 e. The lowest BCUT2D eigenvalue weighted by molar-refractivity contribution is -0.135. The van der Waals surface area contributed by atoms with Crippen LogP contribution in [0.4, 0.5) is 8.78 Å². The van der Waals surface area contributed by atoms with Crippen molar-refractivity contribution >= 4 is 36.6 Å². The first-order valence-electron chi connectivity index (χ1n) is 9.74. The summed E-state index contributed by atoms with van der Waals surface area (Å²) in [6.07, 6.45) is 4.09. The summed E-state index contributed by atoms with van der Waals surface area (Å²) in [5, 5.41) is 5.75. The van der Waals surface area contributed by atoms with E-state index in [9.17, 15) is 18.4 Å². The normalized spacial score (nSPS) is 30.1. The van der Waals surface area contributed by atoms with E-state index in [1.165, 1.54) is 12.8 Å². The molecule has 28 heavy (non-hydrogen) atoms. The molecule has 3 fully saturated rings. The van der Waals surface area contributed by atoms with Gasteiger partial charge in [0.25, 0.3) is 5.92 Å². The third-order valence-corrected chi connectivity index (χ3v) is 5.76. The van der Waals surface area contributed by atoms with E-state index in [1.54, 1.807) is 4.90 Å². The van der Waals surface area contributed by atoms with E-state index in [1.807, 2.05) is 4.90 Å². The number of halogens is 4. The quantitative estimate of drug-likeness (QED) is 0.691. The summed E-state index contributed by atoms with van der Waals surface area (Å²) in [7, 11) is 0. The molecule has 2 saturated heterocycles. The van der Waals surface area contributed by atoms with Gasteiger partial charge in [0.1, 0.15) is 0 Å². The van der Waals surface area contributed by atoms with Crippen LogP contribution in [0.15, 0.2) is 0 Å². The van der Waals surface area contributed by atoms with Crippen LogP contribution in [0.3, 0.4) is 0 Å². The van der Waals surface area contributed by atoms with Crippen LogP contribution in [-0.2, 0) is 9.59 Å². The van der Waals surface area contributed by atoms with Crippen molar-refractivity contribution < 1.29 is 18.4 Å². The van der Waals surface area contributed by atoms with Crippen molar-refractivity contribution in [1.29, 1.82) is 0 Å². The number of nitrogens with one attached hydrogen (secondary N) is 2. The zero-order valence-corrected chi connectivity index (χ0v) is 17.9. The first-order valence-corrected chi connectivity index (χ1v) is 9.74. The molecule has 3 rings (SSSR count). The number of nitrogens with zero attached hydrogens (tertiary/aromatic N) is 2. The summed E-state index contributed by atoms with van der Waals surface area (Å²) in [5.41, 5.74) is 0. The third kappa shape index (κ3) is 6.97. The highest BCUT2D eigenvalue weighted by atomic mass is 35.5. The van der Waals surface area contributed by atoms with Crippen LogP contribution in [0.1, 0.15) is 39.0 Å². The molecule has 2 N–H and O–H groups in total. The van der Waals surface area contributed by atoms with Gasteiger partial charge in [-0.15, -0.1) is 24.8 Å². The van der Waals surface area contributed by atoms with Crippen molar-refractivity contribution in [2.45, 2.75) is 57.0 Å². The smallest absolute Gasteiger partial charge is 0.262 e. The Morgan fingerprint density at radius 3 is 2.39 bits per heavy atom. The van der Waals surface area contributed by atoms with Crippen molar-refractivity contribution in [2.24, 2.45) is 5.92 Å². The van der Waals surface area contributed by atoms with Crippen molar-refractivity contribution in [2.75, 3.05) is 39.3 Å². The molecule has 10 heteroatoms. The maximum absolute atomic E-state index is 13.3. The molecule has 2 aliphatic heterocycles. The Bertz CT molecular complexity index is 534. The number of alkyl halides is 2. The van der Waals surface area contributed by atoms with E-state index in [2.05, 4.69) is 17.6 Å². The van der Waals surface area contributed by atoms with Gasteiger partial charge in [-0.1, -0.05) is 19.8 Å². The number of rotatable bonds is 4. The van der Waals surface area contributed by atoms with Gasteiger partial charge >= 0.3 is 0 Å². The highest BCUT2D eigenvalue weighted by molar-refractivity contribution is 5.85. The molecule has 2 amide bonds. The van der Waals surface area contributed by atoms with Gasteiger partial charge in [0.05, 0.1) is 19.1 Å². The highest BCUT2D eigenvalue weighted by Crippen LogP contribution is 2.26. The van der Waals surface area contributed by atoms with Crippen LogP contribution in [0.2, 0.25) is 0 Å². The number of hydrogen-bond acceptors (Lipinski definition) is 4. The van der Waals surface area contributed by atoms with Gasteiger partial charge in [0.15, 0.2) is 0 Å². The monoisotopic (exact) mass is 444 g/mol. The fraction of sp³-hybridized carbons (Fsp3) is 0.889. The average molecular weight is 445 g/mol. The molecule has 0 radical (unpaired) electrons. The number of amides is 2. The van der Waals surface area contributed by atoms with Crippen LogP contribution < -0.4 is 10.6 Å². The number of piperazine rings is 1. The van der Waals surface area contributed by atoms with Crippen molar-refractivity contribution in [3.8, 4) is 0 Å². The van der Waals surface area contributed by atoms with E-state index < -0.39 is 24.9 Å². The highest BCUT2D eigenvalue weighted by Gasteiger charge is 2.43. The molecule has 0 bridgehead atoms. The van der Waals surface area contributed by atoms with Gasteiger partial charge in [0, 0.05) is 38.6 Å². The minimum atomic E-state index is -2.79. The SMILES string of the molecule is CC1CCCC(NC(=O)CN2CCN(C(=O)C3CC(F)(F)CN3)CC2)C1.Cl.Cl. The molecule has 0 aromatic carbocycles. The minimum Gasteiger partial charge on any atom is -0.352 e. The molecule has 6 nitrogen and oxygen atoms in total. The van der Waals surface area contributed by atoms with Crippen molar-refractivity contribution in [1.82, 2.24) is 20.4 Å². The fourth-order valence-corrected chi connectivity index (χ4v) is 4.28. The van der Waals surface area contributed by atoms with Crippen molar-refractivity contribution in [3.05, 3.63) is 0 Å². The fourth-order valence-electron chi connectivity index (χ4n) is 4.28. The number of carbonyl (C=O) groups is 2. The second kappa shape index (κ2) is 10.9. The maximum atomic E-state index is 13.3. The Hall–Kier alpha value is -0.700. The van der Waals surface area contributed by atoms with E-state index in [-0.39, 0.29) is 42.7 Å². The van der Waals surface area contributed by atoms with E-state index in [4.69, 9.17) is 0 Å². The number of carbonyl (C=O) groups excluding carboxylic acids is 2. The lowest BCUT2D eigenvalue weighted by Gasteiger charge is -2.36. The van der Waals surface area contributed by atoms with Crippen molar-refractivity contribution in [3.63, 3.8) is 0 Å². The lowest BCUT2D eigenvalue weighted by Crippen LogP contribution is -2.54. The van der Waals surface area contributed by atoms with Crippen LogP contribution in [-0.4, -0.2) is 78.9 Å². The van der Waals surface area contributed by atoms with Gasteiger partial charge < -0.3 is 10.2 Å². The predicted molar refractivity (Wildman–Crippen MR) is 108 cm³/mol. The molecule has 3 atom stereocenters. The third-order valence-electron chi connectivity index (χ3n) is 5.76. The molecule has 0 aromatic rings. The Morgan fingerprint density at radius 1 is 1.14 bits per heavy atom. The Kier molecular flexibility index (Phi) is 9.86. The molecule has 164 valence electrons. The van der Waals surface area contributed by atoms with Gasteiger partial charge in [-0.2, -0.15) is 0 Å². The molecule has 0 spiro atoms. The molecule has 3 aliphatic rings. The molecule has 0 aromatic heterocycles. The summed E-state index contributed by atoms with van der Waals surface area (Å²) in [5.74, 6) is -2.33. The molecular weight excluding hydrogens is 413 g/mol. The zero-order valence-electron chi connectivity index (χ0n) is 16.3. The average Bonchev–Trinajstić information content (AvgIpc) is 2.95. The van der Waals surface area contributed by atoms with Gasteiger partial charge in [-0.3, -0.25) is 19.8 Å². The maximum Gasteiger partial charge on any atom is 0.262 e. The number of hydrogen-bond donors (Lipinski definition) is 2. The molecule has 1 aliphatic carbocycles.